The Kier molecular flexibility index (Phi) is 4.23. The predicted molar refractivity (Wildman–Crippen MR) is 69.9 cm³/mol. The fourth-order valence-corrected chi connectivity index (χ4v) is 2.94. The molecule has 0 heterocycles. The second kappa shape index (κ2) is 4.96. The number of aryl methyl sites for hydroxylation is 1. The Morgan fingerprint density at radius 2 is 2.06 bits per heavy atom. The number of rotatable bonds is 4. The lowest BCUT2D eigenvalue weighted by molar-refractivity contribution is 0.155. The van der Waals surface area contributed by atoms with Crippen molar-refractivity contribution in [3.05, 3.63) is 35.4 Å². The summed E-state index contributed by atoms with van der Waals surface area (Å²) < 4.78 is 21.7. The third-order valence-corrected chi connectivity index (χ3v) is 5.92. The number of aliphatic hydroxyl groups excluding tert-OH is 1. The zero-order valence-corrected chi connectivity index (χ0v) is 11.7. The van der Waals surface area contributed by atoms with Crippen molar-refractivity contribution in [3.8, 4) is 0 Å². The third-order valence-electron chi connectivity index (χ3n) is 2.86. The molecule has 1 N–H and O–H groups in total. The maximum absolute atomic E-state index is 11.7. The largest absolute Gasteiger partial charge is 0.385 e. The minimum atomic E-state index is -3.56. The van der Waals surface area contributed by atoms with Crippen LogP contribution in [-0.4, -0.2) is 24.0 Å². The van der Waals surface area contributed by atoms with E-state index in [0.717, 1.165) is 11.8 Å². The van der Waals surface area contributed by atoms with Crippen molar-refractivity contribution in [2.24, 2.45) is 0 Å². The van der Waals surface area contributed by atoms with Crippen LogP contribution in [0.1, 0.15) is 30.6 Å². The van der Waals surface area contributed by atoms with Crippen LogP contribution in [0.2, 0.25) is 0 Å². The van der Waals surface area contributed by atoms with Gasteiger partial charge in [0.15, 0.2) is 14.0 Å². The lowest BCUT2D eigenvalue weighted by atomic mass is 10.0. The molecular weight excluding hydrogens is 260 g/mol. The van der Waals surface area contributed by atoms with Crippen LogP contribution in [-0.2, 0) is 9.84 Å². The quantitative estimate of drug-likeness (QED) is 0.860. The zero-order chi connectivity index (χ0) is 13.3. The Bertz CT molecular complexity index is 498. The van der Waals surface area contributed by atoms with Gasteiger partial charge in [-0.2, -0.15) is 0 Å². The van der Waals surface area contributed by atoms with Gasteiger partial charge in [-0.3, -0.25) is 0 Å². The first-order valence-corrected chi connectivity index (χ1v) is 7.62. The molecule has 0 radical (unpaired) electrons. The van der Waals surface area contributed by atoms with Gasteiger partial charge in [-0.1, -0.05) is 48.4 Å². The van der Waals surface area contributed by atoms with Gasteiger partial charge < -0.3 is 5.11 Å². The Balaban J connectivity index is 3.24. The van der Waals surface area contributed by atoms with Crippen LogP contribution in [0.25, 0.3) is 0 Å². The number of alkyl halides is 1. The molecule has 0 fully saturated rings. The highest BCUT2D eigenvalue weighted by Crippen LogP contribution is 2.39. The van der Waals surface area contributed by atoms with Gasteiger partial charge in [0, 0.05) is 6.26 Å². The standard InChI is InChI=1S/C12H17ClO3S/c1-4-12(13,17(3,15)16)11(14)10-7-5-6-9(2)8-10/h5-8,11,14H,4H2,1-3H3/t11-,12+/m0/s1. The Morgan fingerprint density at radius 1 is 1.47 bits per heavy atom. The summed E-state index contributed by atoms with van der Waals surface area (Å²) in [7, 11) is -3.56. The molecular formula is C12H17ClO3S. The highest BCUT2D eigenvalue weighted by molar-refractivity contribution is 7.93. The summed E-state index contributed by atoms with van der Waals surface area (Å²) in [6.45, 7) is 3.52. The second-order valence-corrected chi connectivity index (χ2v) is 7.40. The molecule has 0 amide bonds. The SMILES string of the molecule is CC[C@](Cl)([C@@H](O)c1cccc(C)c1)S(C)(=O)=O. The minimum Gasteiger partial charge on any atom is -0.385 e. The first kappa shape index (κ1) is 14.5. The fraction of sp³-hybridized carbons (Fsp3) is 0.500. The highest BCUT2D eigenvalue weighted by atomic mass is 35.5. The number of benzene rings is 1. The molecule has 1 aromatic carbocycles. The van der Waals surface area contributed by atoms with E-state index >= 15 is 0 Å². The van der Waals surface area contributed by atoms with Crippen LogP contribution in [0, 0.1) is 6.92 Å². The lowest BCUT2D eigenvalue weighted by Crippen LogP contribution is -2.37. The normalized spacial score (nSPS) is 17.5. The Morgan fingerprint density at radius 3 is 2.47 bits per heavy atom. The Hall–Kier alpha value is -0.580. The average Bonchev–Trinajstić information content (AvgIpc) is 2.25. The maximum atomic E-state index is 11.7. The summed E-state index contributed by atoms with van der Waals surface area (Å²) in [6.07, 6.45) is -0.0468. The topological polar surface area (TPSA) is 54.4 Å². The summed E-state index contributed by atoms with van der Waals surface area (Å²) in [5.41, 5.74) is 1.47. The maximum Gasteiger partial charge on any atom is 0.174 e. The van der Waals surface area contributed by atoms with Gasteiger partial charge >= 0.3 is 0 Å². The molecule has 0 unspecified atom stereocenters. The van der Waals surface area contributed by atoms with Crippen LogP contribution in [0.3, 0.4) is 0 Å². The van der Waals surface area contributed by atoms with Crippen molar-refractivity contribution < 1.29 is 13.5 Å². The van der Waals surface area contributed by atoms with Crippen LogP contribution in [0.4, 0.5) is 0 Å². The summed E-state index contributed by atoms with van der Waals surface area (Å²) in [4.78, 5) is 0. The number of hydrogen-bond acceptors (Lipinski definition) is 3. The molecule has 0 saturated carbocycles. The van der Waals surface area contributed by atoms with Crippen LogP contribution < -0.4 is 0 Å². The lowest BCUT2D eigenvalue weighted by Gasteiger charge is -2.29. The van der Waals surface area contributed by atoms with Gasteiger partial charge in [-0.15, -0.1) is 0 Å². The predicted octanol–water partition coefficient (Wildman–Crippen LogP) is 2.42. The number of halogens is 1. The average molecular weight is 277 g/mol. The van der Waals surface area contributed by atoms with Crippen molar-refractivity contribution in [1.82, 2.24) is 0 Å². The van der Waals surface area contributed by atoms with E-state index in [0.29, 0.717) is 5.56 Å². The van der Waals surface area contributed by atoms with Crippen LogP contribution in [0.15, 0.2) is 24.3 Å². The van der Waals surface area contributed by atoms with Crippen molar-refractivity contribution in [1.29, 1.82) is 0 Å². The molecule has 17 heavy (non-hydrogen) atoms. The molecule has 0 saturated heterocycles. The van der Waals surface area contributed by atoms with E-state index in [2.05, 4.69) is 0 Å². The molecule has 1 aromatic rings. The third kappa shape index (κ3) is 2.81. The second-order valence-electron chi connectivity index (χ2n) is 4.23. The van der Waals surface area contributed by atoms with E-state index in [1.165, 1.54) is 0 Å². The number of hydrogen-bond donors (Lipinski definition) is 1. The van der Waals surface area contributed by atoms with Gasteiger partial charge in [-0.05, 0) is 18.9 Å². The first-order chi connectivity index (χ1) is 7.72. The molecule has 1 rings (SSSR count). The highest BCUT2D eigenvalue weighted by Gasteiger charge is 2.44. The van der Waals surface area contributed by atoms with Crippen molar-refractivity contribution in [3.63, 3.8) is 0 Å². The van der Waals surface area contributed by atoms with E-state index in [1.54, 1.807) is 25.1 Å². The summed E-state index contributed by atoms with van der Waals surface area (Å²) in [5.74, 6) is 0. The number of sulfone groups is 1. The molecule has 3 nitrogen and oxygen atoms in total. The monoisotopic (exact) mass is 276 g/mol. The first-order valence-electron chi connectivity index (χ1n) is 5.35. The van der Waals surface area contributed by atoms with E-state index < -0.39 is 20.1 Å². The molecule has 96 valence electrons. The van der Waals surface area contributed by atoms with Crippen LogP contribution >= 0.6 is 11.6 Å². The Labute approximate surface area is 107 Å². The van der Waals surface area contributed by atoms with Crippen molar-refractivity contribution in [2.75, 3.05) is 6.26 Å². The van der Waals surface area contributed by atoms with E-state index in [4.69, 9.17) is 11.6 Å². The molecule has 0 aliphatic heterocycles. The summed E-state index contributed by atoms with van der Waals surface area (Å²) in [5, 5.41) is 10.2. The van der Waals surface area contributed by atoms with Crippen molar-refractivity contribution >= 4 is 21.4 Å². The number of aliphatic hydroxyl groups is 1. The molecule has 2 atom stereocenters. The van der Waals surface area contributed by atoms with E-state index in [9.17, 15) is 13.5 Å². The fourth-order valence-electron chi connectivity index (χ4n) is 1.75. The van der Waals surface area contributed by atoms with Crippen LogP contribution in [0.5, 0.6) is 0 Å². The summed E-state index contributed by atoms with van der Waals surface area (Å²) >= 11 is 6.10. The minimum absolute atomic E-state index is 0.141. The molecule has 0 aliphatic carbocycles. The molecule has 5 heteroatoms. The van der Waals surface area contributed by atoms with Crippen molar-refractivity contribution in [2.45, 2.75) is 30.6 Å². The van der Waals surface area contributed by atoms with Gasteiger partial charge in [0.1, 0.15) is 6.10 Å². The smallest absolute Gasteiger partial charge is 0.174 e. The van der Waals surface area contributed by atoms with Gasteiger partial charge in [-0.25, -0.2) is 8.42 Å². The summed E-state index contributed by atoms with van der Waals surface area (Å²) in [6, 6.07) is 7.06. The van der Waals surface area contributed by atoms with E-state index in [1.807, 2.05) is 13.0 Å². The van der Waals surface area contributed by atoms with Gasteiger partial charge in [0.25, 0.3) is 0 Å². The van der Waals surface area contributed by atoms with Gasteiger partial charge in [0.2, 0.25) is 0 Å². The van der Waals surface area contributed by atoms with E-state index in [-0.39, 0.29) is 6.42 Å². The molecule has 0 aromatic heterocycles. The molecule has 0 bridgehead atoms. The zero-order valence-electron chi connectivity index (χ0n) is 10.1. The molecule has 0 spiro atoms. The van der Waals surface area contributed by atoms with Gasteiger partial charge in [0.05, 0.1) is 0 Å². The molecule has 0 aliphatic rings.